The van der Waals surface area contributed by atoms with Gasteiger partial charge in [-0.1, -0.05) is 11.6 Å². The fourth-order valence-corrected chi connectivity index (χ4v) is 3.76. The summed E-state index contributed by atoms with van der Waals surface area (Å²) in [7, 11) is -2.63. The number of aryl methyl sites for hydroxylation is 1. The summed E-state index contributed by atoms with van der Waals surface area (Å²) >= 11 is 5.87. The monoisotopic (exact) mass is 380 g/mol. The van der Waals surface area contributed by atoms with Crippen LogP contribution in [0.25, 0.3) is 10.9 Å². The smallest absolute Gasteiger partial charge is 0.281 e. The molecule has 10 heteroatoms. The summed E-state index contributed by atoms with van der Waals surface area (Å²) in [6, 6.07) is 5.89. The molecule has 0 atom stereocenters. The summed E-state index contributed by atoms with van der Waals surface area (Å²) in [5, 5.41) is 0.847. The van der Waals surface area contributed by atoms with Crippen molar-refractivity contribution in [2.75, 3.05) is 0 Å². The van der Waals surface area contributed by atoms with Crippen molar-refractivity contribution in [2.24, 2.45) is 12.8 Å². The third kappa shape index (κ3) is 3.11. The lowest BCUT2D eigenvalue weighted by Crippen LogP contribution is -2.31. The van der Waals surface area contributed by atoms with E-state index >= 15 is 0 Å². The van der Waals surface area contributed by atoms with E-state index in [4.69, 9.17) is 17.3 Å². The average Bonchev–Trinajstić information content (AvgIpc) is 3.10. The number of halogens is 1. The van der Waals surface area contributed by atoms with E-state index in [9.17, 15) is 18.0 Å². The molecule has 3 aromatic rings. The molecule has 3 rings (SSSR count). The largest absolute Gasteiger partial charge is 0.366 e. The Kier molecular flexibility index (Phi) is 4.05. The quantitative estimate of drug-likeness (QED) is 0.631. The number of hydrogen-bond donors (Lipinski definition) is 3. The molecule has 0 fully saturated rings. The first-order valence-corrected chi connectivity index (χ1v) is 8.85. The fourth-order valence-electron chi connectivity index (χ4n) is 2.45. The summed E-state index contributed by atoms with van der Waals surface area (Å²) in [5.41, 5.74) is 5.77. The van der Waals surface area contributed by atoms with E-state index in [-0.39, 0.29) is 16.2 Å². The highest BCUT2D eigenvalue weighted by molar-refractivity contribution is 7.90. The topological polar surface area (TPSA) is 127 Å². The molecule has 130 valence electrons. The van der Waals surface area contributed by atoms with Crippen LogP contribution in [0.1, 0.15) is 20.8 Å². The molecule has 0 saturated carbocycles. The molecule has 2 heterocycles. The number of hydrogen-bond acceptors (Lipinski definition) is 4. The maximum atomic E-state index is 12.5. The average molecular weight is 381 g/mol. The number of primary amides is 1. The van der Waals surface area contributed by atoms with E-state index in [1.807, 2.05) is 4.72 Å². The molecule has 2 amide bonds. The number of rotatable bonds is 4. The fraction of sp³-hybridized carbons (Fsp3) is 0.0667. The van der Waals surface area contributed by atoms with Crippen molar-refractivity contribution in [1.82, 2.24) is 14.3 Å². The Balaban J connectivity index is 1.95. The molecule has 0 unspecified atom stereocenters. The Labute approximate surface area is 147 Å². The Bertz CT molecular complexity index is 1110. The number of amides is 2. The summed E-state index contributed by atoms with van der Waals surface area (Å²) in [6.45, 7) is 0. The van der Waals surface area contributed by atoms with Crippen molar-refractivity contribution < 1.29 is 18.0 Å². The molecular formula is C15H13ClN4O4S. The van der Waals surface area contributed by atoms with Gasteiger partial charge in [-0.15, -0.1) is 0 Å². The zero-order chi connectivity index (χ0) is 18.4. The number of aromatic nitrogens is 2. The van der Waals surface area contributed by atoms with Crippen LogP contribution >= 0.6 is 11.6 Å². The van der Waals surface area contributed by atoms with Gasteiger partial charge in [0, 0.05) is 35.4 Å². The number of fused-ring (bicyclic) bond motifs is 1. The van der Waals surface area contributed by atoms with Crippen LogP contribution in [-0.4, -0.2) is 29.8 Å². The second kappa shape index (κ2) is 5.94. The van der Waals surface area contributed by atoms with Crippen LogP contribution in [0.2, 0.25) is 5.02 Å². The number of aromatic amines is 1. The van der Waals surface area contributed by atoms with Gasteiger partial charge in [0.15, 0.2) is 0 Å². The third-order valence-corrected chi connectivity index (χ3v) is 5.25. The SMILES string of the molecule is Cn1cc(C(N)=O)cc1C(=O)NS(=O)(=O)c1c[nH]c2cc(Cl)ccc12. The highest BCUT2D eigenvalue weighted by Gasteiger charge is 2.24. The van der Waals surface area contributed by atoms with Crippen molar-refractivity contribution in [3.63, 3.8) is 0 Å². The first-order valence-electron chi connectivity index (χ1n) is 6.99. The van der Waals surface area contributed by atoms with Gasteiger partial charge < -0.3 is 15.3 Å². The number of sulfonamides is 1. The van der Waals surface area contributed by atoms with Crippen molar-refractivity contribution in [3.05, 3.63) is 52.9 Å². The van der Waals surface area contributed by atoms with Crippen LogP contribution in [0.5, 0.6) is 0 Å². The van der Waals surface area contributed by atoms with E-state index < -0.39 is 21.8 Å². The molecule has 0 bridgehead atoms. The number of H-pyrrole nitrogens is 1. The number of nitrogens with two attached hydrogens (primary N) is 1. The number of benzene rings is 1. The molecule has 25 heavy (non-hydrogen) atoms. The molecule has 2 aromatic heterocycles. The van der Waals surface area contributed by atoms with E-state index in [2.05, 4.69) is 4.98 Å². The maximum absolute atomic E-state index is 12.5. The van der Waals surface area contributed by atoms with Crippen LogP contribution in [0, 0.1) is 0 Å². The van der Waals surface area contributed by atoms with E-state index in [1.165, 1.54) is 30.1 Å². The van der Waals surface area contributed by atoms with Crippen LogP contribution in [-0.2, 0) is 17.1 Å². The Morgan fingerprint density at radius 2 is 2.00 bits per heavy atom. The van der Waals surface area contributed by atoms with Gasteiger partial charge in [-0.05, 0) is 24.3 Å². The minimum absolute atomic E-state index is 0.0136. The van der Waals surface area contributed by atoms with E-state index in [0.717, 1.165) is 0 Å². The van der Waals surface area contributed by atoms with Gasteiger partial charge in [0.05, 0.1) is 5.56 Å². The lowest BCUT2D eigenvalue weighted by Gasteiger charge is -2.06. The Hall–Kier alpha value is -2.78. The molecular weight excluding hydrogens is 368 g/mol. The lowest BCUT2D eigenvalue weighted by atomic mass is 10.2. The maximum Gasteiger partial charge on any atom is 0.281 e. The predicted molar refractivity (Wildman–Crippen MR) is 91.9 cm³/mol. The molecule has 0 aliphatic rings. The molecule has 0 spiro atoms. The number of carbonyl (C=O) groups excluding carboxylic acids is 2. The summed E-state index contributed by atoms with van der Waals surface area (Å²) in [6.07, 6.45) is 2.62. The summed E-state index contributed by atoms with van der Waals surface area (Å²) in [5.74, 6) is -1.59. The highest BCUT2D eigenvalue weighted by atomic mass is 35.5. The number of carbonyl (C=O) groups is 2. The van der Waals surface area contributed by atoms with Gasteiger partial charge in [-0.25, -0.2) is 13.1 Å². The predicted octanol–water partition coefficient (Wildman–Crippen LogP) is 1.38. The van der Waals surface area contributed by atoms with Gasteiger partial charge in [0.1, 0.15) is 10.6 Å². The van der Waals surface area contributed by atoms with Crippen molar-refractivity contribution in [3.8, 4) is 0 Å². The van der Waals surface area contributed by atoms with Gasteiger partial charge in [0.25, 0.3) is 15.9 Å². The highest BCUT2D eigenvalue weighted by Crippen LogP contribution is 2.25. The van der Waals surface area contributed by atoms with Crippen LogP contribution in [0.15, 0.2) is 41.6 Å². The molecule has 0 aliphatic carbocycles. The molecule has 0 radical (unpaired) electrons. The molecule has 1 aromatic carbocycles. The standard InChI is InChI=1S/C15H13ClN4O4S/c1-20-7-8(14(17)21)4-12(20)15(22)19-25(23,24)13-6-18-11-5-9(16)2-3-10(11)13/h2-7,18H,1H3,(H2,17,21)(H,19,22). The first-order chi connectivity index (χ1) is 11.7. The Morgan fingerprint density at radius 1 is 1.28 bits per heavy atom. The van der Waals surface area contributed by atoms with Gasteiger partial charge in [0.2, 0.25) is 5.91 Å². The zero-order valence-corrected chi connectivity index (χ0v) is 14.5. The third-order valence-electron chi connectivity index (χ3n) is 3.64. The zero-order valence-electron chi connectivity index (χ0n) is 12.9. The first kappa shape index (κ1) is 17.1. The van der Waals surface area contributed by atoms with Crippen LogP contribution < -0.4 is 10.5 Å². The Morgan fingerprint density at radius 3 is 2.64 bits per heavy atom. The second-order valence-corrected chi connectivity index (χ2v) is 7.45. The lowest BCUT2D eigenvalue weighted by molar-refractivity contribution is 0.0972. The normalized spacial score (nSPS) is 11.6. The molecule has 4 N–H and O–H groups in total. The van der Waals surface area contributed by atoms with Crippen LogP contribution in [0.3, 0.4) is 0 Å². The van der Waals surface area contributed by atoms with E-state index in [1.54, 1.807) is 18.2 Å². The van der Waals surface area contributed by atoms with Gasteiger partial charge in [-0.2, -0.15) is 0 Å². The minimum Gasteiger partial charge on any atom is -0.366 e. The molecule has 0 aliphatic heterocycles. The van der Waals surface area contributed by atoms with E-state index in [0.29, 0.717) is 15.9 Å². The molecule has 0 saturated heterocycles. The van der Waals surface area contributed by atoms with Crippen molar-refractivity contribution in [2.45, 2.75) is 4.90 Å². The van der Waals surface area contributed by atoms with Crippen molar-refractivity contribution in [1.29, 1.82) is 0 Å². The van der Waals surface area contributed by atoms with Crippen LogP contribution in [0.4, 0.5) is 0 Å². The minimum atomic E-state index is -4.13. The van der Waals surface area contributed by atoms with Crippen molar-refractivity contribution >= 4 is 44.3 Å². The van der Waals surface area contributed by atoms with Gasteiger partial charge >= 0.3 is 0 Å². The second-order valence-electron chi connectivity index (χ2n) is 5.37. The summed E-state index contributed by atoms with van der Waals surface area (Å²) < 4.78 is 28.4. The number of nitrogens with zero attached hydrogens (tertiary/aromatic N) is 1. The number of nitrogens with one attached hydrogen (secondary N) is 2. The molecule has 8 nitrogen and oxygen atoms in total. The summed E-state index contributed by atoms with van der Waals surface area (Å²) in [4.78, 5) is 26.2. The van der Waals surface area contributed by atoms with Gasteiger partial charge in [-0.3, -0.25) is 9.59 Å².